The summed E-state index contributed by atoms with van der Waals surface area (Å²) in [4.78, 5) is 11.2. The van der Waals surface area contributed by atoms with E-state index in [4.69, 9.17) is 10.5 Å². The number of hydrogen-bond acceptors (Lipinski definition) is 4. The van der Waals surface area contributed by atoms with Crippen LogP contribution in [0.2, 0.25) is 0 Å². The van der Waals surface area contributed by atoms with E-state index in [0.717, 1.165) is 0 Å². The van der Waals surface area contributed by atoms with Gasteiger partial charge in [0.25, 0.3) is 5.91 Å². The fourth-order valence-electron chi connectivity index (χ4n) is 2.11. The van der Waals surface area contributed by atoms with Crippen LogP contribution in [-0.4, -0.2) is 21.3 Å². The molecule has 0 saturated carbocycles. The van der Waals surface area contributed by atoms with Crippen LogP contribution in [-0.2, 0) is 6.61 Å². The number of ether oxygens (including phenoxy) is 1. The van der Waals surface area contributed by atoms with Gasteiger partial charge in [0.15, 0.2) is 17.3 Å². The highest BCUT2D eigenvalue weighted by Gasteiger charge is 2.16. The van der Waals surface area contributed by atoms with Gasteiger partial charge in [0.1, 0.15) is 18.1 Å². The van der Waals surface area contributed by atoms with Crippen molar-refractivity contribution in [3.05, 3.63) is 65.4 Å². The first-order chi connectivity index (χ1) is 11.5. The van der Waals surface area contributed by atoms with E-state index in [9.17, 15) is 13.6 Å². The predicted molar refractivity (Wildman–Crippen MR) is 81.0 cm³/mol. The van der Waals surface area contributed by atoms with Gasteiger partial charge in [-0.05, 0) is 35.9 Å². The van der Waals surface area contributed by atoms with Gasteiger partial charge in [0.05, 0.1) is 0 Å². The van der Waals surface area contributed by atoms with E-state index in [1.807, 2.05) is 0 Å². The lowest BCUT2D eigenvalue weighted by Crippen LogP contribution is -2.12. The number of aromatic nitrogens is 3. The molecular formula is C16H12F2N4O2. The highest BCUT2D eigenvalue weighted by Crippen LogP contribution is 2.26. The molecule has 0 saturated heterocycles. The third kappa shape index (κ3) is 3.22. The molecule has 0 radical (unpaired) electrons. The van der Waals surface area contributed by atoms with Gasteiger partial charge in [0, 0.05) is 5.56 Å². The van der Waals surface area contributed by atoms with Crippen LogP contribution in [0.15, 0.2) is 42.5 Å². The number of halogens is 2. The largest absolute Gasteiger partial charge is 0.486 e. The molecule has 1 amide bonds. The van der Waals surface area contributed by atoms with Crippen LogP contribution < -0.4 is 10.5 Å². The molecule has 1 heterocycles. The molecule has 122 valence electrons. The molecule has 24 heavy (non-hydrogen) atoms. The highest BCUT2D eigenvalue weighted by atomic mass is 19.1. The fraction of sp³-hybridized carbons (Fsp3) is 0.0625. The summed E-state index contributed by atoms with van der Waals surface area (Å²) in [6.07, 6.45) is 0. The van der Waals surface area contributed by atoms with E-state index in [1.165, 1.54) is 30.3 Å². The minimum Gasteiger partial charge on any atom is -0.486 e. The molecule has 2 aromatic carbocycles. The third-order valence-corrected chi connectivity index (χ3v) is 3.29. The zero-order valence-electron chi connectivity index (χ0n) is 12.3. The van der Waals surface area contributed by atoms with Crippen molar-refractivity contribution in [3.8, 4) is 17.0 Å². The van der Waals surface area contributed by atoms with E-state index in [2.05, 4.69) is 15.4 Å². The van der Waals surface area contributed by atoms with Crippen molar-refractivity contribution in [1.29, 1.82) is 0 Å². The summed E-state index contributed by atoms with van der Waals surface area (Å²) in [5, 5.41) is 9.71. The first-order valence-corrected chi connectivity index (χ1v) is 6.92. The van der Waals surface area contributed by atoms with E-state index in [-0.39, 0.29) is 29.6 Å². The fourth-order valence-corrected chi connectivity index (χ4v) is 2.11. The highest BCUT2D eigenvalue weighted by molar-refractivity contribution is 5.96. The second-order valence-electron chi connectivity index (χ2n) is 4.95. The summed E-state index contributed by atoms with van der Waals surface area (Å²) in [6.45, 7) is 0.0903. The lowest BCUT2D eigenvalue weighted by molar-refractivity contribution is 0.0996. The standard InChI is InChI=1S/C16H12F2N4O2/c17-11-4-1-9(2-5-11)8-24-13-6-3-10(7-12(13)18)14-15(16(19)23)21-22-20-14/h1-7H,8H2,(H2,19,23)(H,20,21,22). The van der Waals surface area contributed by atoms with Gasteiger partial charge in [-0.1, -0.05) is 12.1 Å². The molecule has 0 spiro atoms. The summed E-state index contributed by atoms with van der Waals surface area (Å²) >= 11 is 0. The van der Waals surface area contributed by atoms with Gasteiger partial charge in [-0.25, -0.2) is 8.78 Å². The van der Waals surface area contributed by atoms with E-state index in [0.29, 0.717) is 11.1 Å². The minimum atomic E-state index is -0.768. The van der Waals surface area contributed by atoms with Gasteiger partial charge >= 0.3 is 0 Å². The Balaban J connectivity index is 1.78. The van der Waals surface area contributed by atoms with Gasteiger partial charge in [-0.15, -0.1) is 0 Å². The Bertz CT molecular complexity index is 878. The Morgan fingerprint density at radius 1 is 1.12 bits per heavy atom. The normalized spacial score (nSPS) is 10.6. The van der Waals surface area contributed by atoms with E-state index >= 15 is 0 Å². The molecule has 3 aromatic rings. The Kier molecular flexibility index (Phi) is 4.19. The zero-order chi connectivity index (χ0) is 17.1. The van der Waals surface area contributed by atoms with Crippen LogP contribution in [0.1, 0.15) is 16.1 Å². The Morgan fingerprint density at radius 3 is 2.54 bits per heavy atom. The first-order valence-electron chi connectivity index (χ1n) is 6.92. The second kappa shape index (κ2) is 6.45. The van der Waals surface area contributed by atoms with Crippen LogP contribution in [0.4, 0.5) is 8.78 Å². The molecule has 8 heteroatoms. The number of carbonyl (C=O) groups is 1. The Labute approximate surface area is 135 Å². The predicted octanol–water partition coefficient (Wildman–Crippen LogP) is 2.43. The molecule has 0 fully saturated rings. The van der Waals surface area contributed by atoms with Crippen molar-refractivity contribution in [2.45, 2.75) is 6.61 Å². The molecule has 1 aromatic heterocycles. The summed E-state index contributed by atoms with van der Waals surface area (Å²) in [5.41, 5.74) is 6.30. The molecule has 0 unspecified atom stereocenters. The number of carbonyl (C=O) groups excluding carboxylic acids is 1. The number of primary amides is 1. The monoisotopic (exact) mass is 330 g/mol. The number of amides is 1. The van der Waals surface area contributed by atoms with E-state index < -0.39 is 11.7 Å². The molecular weight excluding hydrogens is 318 g/mol. The van der Waals surface area contributed by atoms with Gasteiger partial charge < -0.3 is 10.5 Å². The van der Waals surface area contributed by atoms with E-state index in [1.54, 1.807) is 12.1 Å². The number of nitrogens with one attached hydrogen (secondary N) is 1. The molecule has 0 aliphatic rings. The van der Waals surface area contributed by atoms with Gasteiger partial charge in [-0.3, -0.25) is 4.79 Å². The first kappa shape index (κ1) is 15.6. The van der Waals surface area contributed by atoms with Crippen LogP contribution in [0.3, 0.4) is 0 Å². The topological polar surface area (TPSA) is 93.9 Å². The average Bonchev–Trinajstić information content (AvgIpc) is 3.05. The summed E-state index contributed by atoms with van der Waals surface area (Å²) in [7, 11) is 0. The second-order valence-corrected chi connectivity index (χ2v) is 4.95. The number of nitrogens with two attached hydrogens (primary N) is 1. The SMILES string of the molecule is NC(=O)c1n[nH]nc1-c1ccc(OCc2ccc(F)cc2)c(F)c1. The Morgan fingerprint density at radius 2 is 1.88 bits per heavy atom. The van der Waals surface area contributed by atoms with Crippen LogP contribution in [0, 0.1) is 11.6 Å². The molecule has 6 nitrogen and oxygen atoms in total. The summed E-state index contributed by atoms with van der Waals surface area (Å²) < 4.78 is 32.4. The van der Waals surface area contributed by atoms with Crippen LogP contribution in [0.5, 0.6) is 5.75 Å². The van der Waals surface area contributed by atoms with Crippen molar-refractivity contribution < 1.29 is 18.3 Å². The summed E-state index contributed by atoms with van der Waals surface area (Å²) in [5.74, 6) is -1.73. The van der Waals surface area contributed by atoms with Gasteiger partial charge in [-0.2, -0.15) is 15.4 Å². The maximum absolute atomic E-state index is 14.2. The average molecular weight is 330 g/mol. The third-order valence-electron chi connectivity index (χ3n) is 3.29. The lowest BCUT2D eigenvalue weighted by Gasteiger charge is -2.08. The number of nitrogens with zero attached hydrogens (tertiary/aromatic N) is 2. The van der Waals surface area contributed by atoms with Gasteiger partial charge in [0.2, 0.25) is 0 Å². The van der Waals surface area contributed by atoms with Crippen molar-refractivity contribution in [1.82, 2.24) is 15.4 Å². The number of H-pyrrole nitrogens is 1. The maximum Gasteiger partial charge on any atom is 0.271 e. The molecule has 3 N–H and O–H groups in total. The van der Waals surface area contributed by atoms with Crippen molar-refractivity contribution in [2.75, 3.05) is 0 Å². The maximum atomic E-state index is 14.2. The van der Waals surface area contributed by atoms with Crippen molar-refractivity contribution >= 4 is 5.91 Å². The number of benzene rings is 2. The van der Waals surface area contributed by atoms with Crippen molar-refractivity contribution in [3.63, 3.8) is 0 Å². The minimum absolute atomic E-state index is 0.0206. The smallest absolute Gasteiger partial charge is 0.271 e. The molecule has 3 rings (SSSR count). The zero-order valence-corrected chi connectivity index (χ0v) is 12.3. The lowest BCUT2D eigenvalue weighted by atomic mass is 10.1. The van der Waals surface area contributed by atoms with Crippen molar-refractivity contribution in [2.24, 2.45) is 5.73 Å². The quantitative estimate of drug-likeness (QED) is 0.751. The molecule has 0 aliphatic carbocycles. The molecule has 0 bridgehead atoms. The number of aromatic amines is 1. The number of hydrogen-bond donors (Lipinski definition) is 2. The number of rotatable bonds is 5. The molecule has 0 aliphatic heterocycles. The Hall–Kier alpha value is -3.29. The van der Waals surface area contributed by atoms with Crippen LogP contribution in [0.25, 0.3) is 11.3 Å². The van der Waals surface area contributed by atoms with Crippen LogP contribution >= 0.6 is 0 Å². The molecule has 0 atom stereocenters. The summed E-state index contributed by atoms with van der Waals surface area (Å²) in [6, 6.07) is 9.82.